The molecule has 0 fully saturated rings. The highest BCUT2D eigenvalue weighted by atomic mass is 16.2. The molecule has 0 radical (unpaired) electrons. The zero-order chi connectivity index (χ0) is 12.4. The molecule has 0 aliphatic heterocycles. The SMILES string of the molecule is Cc1ccc(C)c(-n2cc(CCO)c(C)n2)c1. The highest BCUT2D eigenvalue weighted by Crippen LogP contribution is 2.17. The summed E-state index contributed by atoms with van der Waals surface area (Å²) in [6.45, 7) is 6.30. The molecule has 0 saturated carbocycles. The summed E-state index contributed by atoms with van der Waals surface area (Å²) < 4.78 is 1.91. The Hall–Kier alpha value is -1.61. The minimum Gasteiger partial charge on any atom is -0.396 e. The third-order valence-corrected chi connectivity index (χ3v) is 2.99. The molecule has 1 aromatic heterocycles. The molecule has 1 heterocycles. The summed E-state index contributed by atoms with van der Waals surface area (Å²) in [5.41, 5.74) is 5.63. The van der Waals surface area contributed by atoms with Crippen LogP contribution in [0.5, 0.6) is 0 Å². The highest BCUT2D eigenvalue weighted by Gasteiger charge is 2.07. The first kappa shape index (κ1) is 11.9. The van der Waals surface area contributed by atoms with Gasteiger partial charge in [-0.1, -0.05) is 12.1 Å². The van der Waals surface area contributed by atoms with Crippen molar-refractivity contribution in [1.29, 1.82) is 0 Å². The van der Waals surface area contributed by atoms with Crippen LogP contribution in [-0.2, 0) is 6.42 Å². The molecular formula is C14H18N2O. The standard InChI is InChI=1S/C14H18N2O/c1-10-4-5-11(2)14(8-10)16-9-13(6-7-17)12(3)15-16/h4-5,8-9,17H,6-7H2,1-3H3. The monoisotopic (exact) mass is 230 g/mol. The third-order valence-electron chi connectivity index (χ3n) is 2.99. The number of aliphatic hydroxyl groups is 1. The van der Waals surface area contributed by atoms with Gasteiger partial charge in [0.1, 0.15) is 0 Å². The minimum absolute atomic E-state index is 0.166. The fourth-order valence-electron chi connectivity index (χ4n) is 1.95. The van der Waals surface area contributed by atoms with Gasteiger partial charge in [-0.25, -0.2) is 4.68 Å². The lowest BCUT2D eigenvalue weighted by Crippen LogP contribution is -1.98. The van der Waals surface area contributed by atoms with Crippen LogP contribution in [0.2, 0.25) is 0 Å². The van der Waals surface area contributed by atoms with Crippen LogP contribution in [0, 0.1) is 20.8 Å². The second-order valence-electron chi connectivity index (χ2n) is 4.45. The Morgan fingerprint density at radius 1 is 1.24 bits per heavy atom. The van der Waals surface area contributed by atoms with E-state index in [0.717, 1.165) is 16.9 Å². The van der Waals surface area contributed by atoms with Crippen molar-refractivity contribution in [2.75, 3.05) is 6.61 Å². The Morgan fingerprint density at radius 2 is 2.00 bits per heavy atom. The van der Waals surface area contributed by atoms with Gasteiger partial charge in [0.05, 0.1) is 11.4 Å². The molecule has 0 spiro atoms. The number of hydrogen-bond donors (Lipinski definition) is 1. The summed E-state index contributed by atoms with van der Waals surface area (Å²) in [5.74, 6) is 0. The zero-order valence-corrected chi connectivity index (χ0v) is 10.6. The van der Waals surface area contributed by atoms with E-state index < -0.39 is 0 Å². The first-order valence-electron chi connectivity index (χ1n) is 5.85. The maximum Gasteiger partial charge on any atom is 0.0677 e. The van der Waals surface area contributed by atoms with Crippen molar-refractivity contribution in [1.82, 2.24) is 9.78 Å². The molecule has 2 aromatic rings. The average molecular weight is 230 g/mol. The molecule has 1 N–H and O–H groups in total. The summed E-state index contributed by atoms with van der Waals surface area (Å²) >= 11 is 0. The lowest BCUT2D eigenvalue weighted by atomic mass is 10.1. The topological polar surface area (TPSA) is 38.0 Å². The van der Waals surface area contributed by atoms with Crippen molar-refractivity contribution in [3.05, 3.63) is 46.8 Å². The Morgan fingerprint density at radius 3 is 2.71 bits per heavy atom. The molecule has 1 aromatic carbocycles. The molecule has 3 heteroatoms. The van der Waals surface area contributed by atoms with E-state index in [2.05, 4.69) is 37.1 Å². The van der Waals surface area contributed by atoms with Gasteiger partial charge < -0.3 is 5.11 Å². The van der Waals surface area contributed by atoms with E-state index in [0.29, 0.717) is 6.42 Å². The molecule has 0 aliphatic carbocycles. The van der Waals surface area contributed by atoms with Crippen molar-refractivity contribution in [3.63, 3.8) is 0 Å². The zero-order valence-electron chi connectivity index (χ0n) is 10.6. The van der Waals surface area contributed by atoms with Gasteiger partial charge in [-0.3, -0.25) is 0 Å². The normalized spacial score (nSPS) is 10.8. The van der Waals surface area contributed by atoms with Crippen LogP contribution >= 0.6 is 0 Å². The van der Waals surface area contributed by atoms with Crippen molar-refractivity contribution in [3.8, 4) is 5.69 Å². The number of hydrogen-bond acceptors (Lipinski definition) is 2. The first-order chi connectivity index (χ1) is 8.11. The van der Waals surface area contributed by atoms with E-state index in [4.69, 9.17) is 5.11 Å². The van der Waals surface area contributed by atoms with Crippen LogP contribution in [0.1, 0.15) is 22.4 Å². The van der Waals surface area contributed by atoms with Crippen LogP contribution in [0.4, 0.5) is 0 Å². The molecule has 0 atom stereocenters. The molecule has 0 amide bonds. The van der Waals surface area contributed by atoms with Crippen LogP contribution in [-0.4, -0.2) is 21.5 Å². The van der Waals surface area contributed by atoms with Crippen molar-refractivity contribution >= 4 is 0 Å². The summed E-state index contributed by atoms with van der Waals surface area (Å²) in [7, 11) is 0. The second-order valence-corrected chi connectivity index (χ2v) is 4.45. The van der Waals surface area contributed by atoms with Crippen LogP contribution in [0.25, 0.3) is 5.69 Å². The van der Waals surface area contributed by atoms with Gasteiger partial charge >= 0.3 is 0 Å². The Kier molecular flexibility index (Phi) is 3.29. The van der Waals surface area contributed by atoms with Crippen LogP contribution in [0.3, 0.4) is 0 Å². The maximum atomic E-state index is 8.99. The fraction of sp³-hybridized carbons (Fsp3) is 0.357. The second kappa shape index (κ2) is 4.72. The van der Waals surface area contributed by atoms with Gasteiger partial charge in [0, 0.05) is 12.8 Å². The Balaban J connectivity index is 2.45. The predicted molar refractivity (Wildman–Crippen MR) is 68.6 cm³/mol. The molecule has 0 bridgehead atoms. The summed E-state index contributed by atoms with van der Waals surface area (Å²) in [6.07, 6.45) is 2.67. The minimum atomic E-state index is 0.166. The number of aryl methyl sites for hydroxylation is 3. The molecule has 0 saturated heterocycles. The lowest BCUT2D eigenvalue weighted by molar-refractivity contribution is 0.299. The Labute approximate surface area is 102 Å². The molecule has 90 valence electrons. The van der Waals surface area contributed by atoms with Gasteiger partial charge in [-0.2, -0.15) is 5.10 Å². The van der Waals surface area contributed by atoms with E-state index >= 15 is 0 Å². The third kappa shape index (κ3) is 2.39. The molecule has 17 heavy (non-hydrogen) atoms. The van der Waals surface area contributed by atoms with Crippen molar-refractivity contribution in [2.45, 2.75) is 27.2 Å². The van der Waals surface area contributed by atoms with Gasteiger partial charge in [0.15, 0.2) is 0 Å². The molecule has 0 aliphatic rings. The van der Waals surface area contributed by atoms with E-state index in [-0.39, 0.29) is 6.61 Å². The number of benzene rings is 1. The van der Waals surface area contributed by atoms with Gasteiger partial charge in [-0.15, -0.1) is 0 Å². The smallest absolute Gasteiger partial charge is 0.0677 e. The van der Waals surface area contributed by atoms with Gasteiger partial charge in [-0.05, 0) is 49.9 Å². The molecule has 3 nitrogen and oxygen atoms in total. The summed E-state index contributed by atoms with van der Waals surface area (Å²) in [5, 5.41) is 13.5. The predicted octanol–water partition coefficient (Wildman–Crippen LogP) is 2.33. The van der Waals surface area contributed by atoms with Gasteiger partial charge in [0.2, 0.25) is 0 Å². The van der Waals surface area contributed by atoms with E-state index in [1.165, 1.54) is 11.1 Å². The highest BCUT2D eigenvalue weighted by molar-refractivity contribution is 5.43. The largest absolute Gasteiger partial charge is 0.396 e. The van der Waals surface area contributed by atoms with Crippen LogP contribution < -0.4 is 0 Å². The fourth-order valence-corrected chi connectivity index (χ4v) is 1.95. The number of nitrogens with zero attached hydrogens (tertiary/aromatic N) is 2. The Bertz CT molecular complexity index is 529. The van der Waals surface area contributed by atoms with E-state index in [1.807, 2.05) is 17.8 Å². The first-order valence-corrected chi connectivity index (χ1v) is 5.85. The number of rotatable bonds is 3. The number of aromatic nitrogens is 2. The van der Waals surface area contributed by atoms with E-state index in [9.17, 15) is 0 Å². The van der Waals surface area contributed by atoms with Gasteiger partial charge in [0.25, 0.3) is 0 Å². The molecule has 0 unspecified atom stereocenters. The summed E-state index contributed by atoms with van der Waals surface area (Å²) in [6, 6.07) is 6.34. The molecule has 2 rings (SSSR count). The van der Waals surface area contributed by atoms with Crippen LogP contribution in [0.15, 0.2) is 24.4 Å². The average Bonchev–Trinajstić information content (AvgIpc) is 2.64. The maximum absolute atomic E-state index is 8.99. The van der Waals surface area contributed by atoms with E-state index in [1.54, 1.807) is 0 Å². The number of aliphatic hydroxyl groups excluding tert-OH is 1. The van der Waals surface area contributed by atoms with Crippen molar-refractivity contribution < 1.29 is 5.11 Å². The van der Waals surface area contributed by atoms with Crippen molar-refractivity contribution in [2.24, 2.45) is 0 Å². The quantitative estimate of drug-likeness (QED) is 0.878. The molecular weight excluding hydrogens is 212 g/mol. The summed E-state index contributed by atoms with van der Waals surface area (Å²) in [4.78, 5) is 0. The lowest BCUT2D eigenvalue weighted by Gasteiger charge is -2.06.